The van der Waals surface area contributed by atoms with E-state index in [1.165, 1.54) is 12.1 Å². The van der Waals surface area contributed by atoms with Crippen LogP contribution in [0.5, 0.6) is 5.75 Å². The number of ether oxygens (including phenoxy) is 1. The van der Waals surface area contributed by atoms with Gasteiger partial charge < -0.3 is 9.53 Å². The number of hydrogen-bond donors (Lipinski definition) is 0. The van der Waals surface area contributed by atoms with Gasteiger partial charge in [0.15, 0.2) is 0 Å². The highest BCUT2D eigenvalue weighted by molar-refractivity contribution is 5.59. The largest absolute Gasteiger partial charge is 0.496 e. The Hall–Kier alpha value is -1.52. The molecule has 0 aliphatic rings. The molecule has 0 aliphatic carbocycles. The molecule has 2 nitrogen and oxygen atoms in total. The molecule has 0 N–H and O–H groups in total. The van der Waals surface area contributed by atoms with Gasteiger partial charge in [-0.3, -0.25) is 0 Å². The molecule has 0 aliphatic heterocycles. The van der Waals surface area contributed by atoms with Crippen LogP contribution >= 0.6 is 0 Å². The smallest absolute Gasteiger partial charge is 0.419 e. The van der Waals surface area contributed by atoms with Crippen LogP contribution in [0.3, 0.4) is 0 Å². The molecule has 82 valence electrons. The van der Waals surface area contributed by atoms with E-state index in [1.807, 2.05) is 0 Å². The van der Waals surface area contributed by atoms with Crippen molar-refractivity contribution in [3.05, 3.63) is 29.3 Å². The van der Waals surface area contributed by atoms with E-state index in [0.29, 0.717) is 6.29 Å². The van der Waals surface area contributed by atoms with Crippen LogP contribution in [0.15, 0.2) is 18.2 Å². The summed E-state index contributed by atoms with van der Waals surface area (Å²) in [4.78, 5) is 10.3. The molecule has 0 aromatic heterocycles. The molecule has 1 rings (SSSR count). The van der Waals surface area contributed by atoms with Crippen LogP contribution in [0.1, 0.15) is 11.1 Å². The summed E-state index contributed by atoms with van der Waals surface area (Å²) >= 11 is 0. The third-order valence-corrected chi connectivity index (χ3v) is 1.91. The second-order valence-electron chi connectivity index (χ2n) is 2.87. The van der Waals surface area contributed by atoms with Gasteiger partial charge in [-0.2, -0.15) is 13.2 Å². The van der Waals surface area contributed by atoms with Gasteiger partial charge in [-0.1, -0.05) is 12.1 Å². The minimum Gasteiger partial charge on any atom is -0.496 e. The lowest BCUT2D eigenvalue weighted by molar-refractivity contribution is -0.138. The van der Waals surface area contributed by atoms with E-state index >= 15 is 0 Å². The zero-order valence-electron chi connectivity index (χ0n) is 7.97. The molecule has 0 bridgehead atoms. The summed E-state index contributed by atoms with van der Waals surface area (Å²) in [6.45, 7) is 0. The molecule has 0 spiro atoms. The number of methoxy groups -OCH3 is 1. The lowest BCUT2D eigenvalue weighted by Crippen LogP contribution is -2.09. The molecule has 1 aromatic rings. The number of aldehydes is 1. The second kappa shape index (κ2) is 4.33. The van der Waals surface area contributed by atoms with Crippen molar-refractivity contribution in [2.24, 2.45) is 0 Å². The molecule has 0 heterocycles. The first kappa shape index (κ1) is 11.6. The van der Waals surface area contributed by atoms with E-state index < -0.39 is 11.7 Å². The van der Waals surface area contributed by atoms with E-state index in [0.717, 1.165) is 13.2 Å². The van der Waals surface area contributed by atoms with Crippen molar-refractivity contribution in [1.29, 1.82) is 0 Å². The summed E-state index contributed by atoms with van der Waals surface area (Å²) in [5.41, 5.74) is -0.619. The summed E-state index contributed by atoms with van der Waals surface area (Å²) in [5, 5.41) is 0. The van der Waals surface area contributed by atoms with Gasteiger partial charge in [0.2, 0.25) is 0 Å². The van der Waals surface area contributed by atoms with Crippen molar-refractivity contribution in [2.45, 2.75) is 12.6 Å². The maximum absolute atomic E-state index is 12.5. The van der Waals surface area contributed by atoms with Crippen LogP contribution in [0.4, 0.5) is 13.2 Å². The molecule has 0 atom stereocenters. The highest BCUT2D eigenvalue weighted by Gasteiger charge is 2.34. The van der Waals surface area contributed by atoms with Crippen molar-refractivity contribution in [3.63, 3.8) is 0 Å². The highest BCUT2D eigenvalue weighted by atomic mass is 19.4. The van der Waals surface area contributed by atoms with E-state index in [-0.39, 0.29) is 17.7 Å². The summed E-state index contributed by atoms with van der Waals surface area (Å²) in [7, 11) is 1.15. The zero-order chi connectivity index (χ0) is 11.5. The molecule has 0 unspecified atom stereocenters. The average Bonchev–Trinajstić information content (AvgIpc) is 2.16. The van der Waals surface area contributed by atoms with E-state index in [1.54, 1.807) is 0 Å². The minimum atomic E-state index is -4.47. The van der Waals surface area contributed by atoms with Crippen molar-refractivity contribution in [2.75, 3.05) is 7.11 Å². The molecule has 5 heteroatoms. The zero-order valence-corrected chi connectivity index (χ0v) is 7.97. The molecule has 0 saturated carbocycles. The Bertz CT molecular complexity index is 358. The first-order chi connectivity index (χ1) is 7.00. The van der Waals surface area contributed by atoms with Crippen LogP contribution in [-0.4, -0.2) is 13.4 Å². The maximum Gasteiger partial charge on any atom is 0.419 e. The van der Waals surface area contributed by atoms with Gasteiger partial charge in [-0.05, 0) is 6.07 Å². The quantitative estimate of drug-likeness (QED) is 0.728. The summed E-state index contributed by atoms with van der Waals surface area (Å²) in [6, 6.07) is 3.61. The molecule has 0 saturated heterocycles. The molecule has 0 radical (unpaired) electrons. The lowest BCUT2D eigenvalue weighted by Gasteiger charge is -2.14. The number of hydrogen-bond acceptors (Lipinski definition) is 2. The Morgan fingerprint density at radius 3 is 2.53 bits per heavy atom. The number of alkyl halides is 3. The number of halogens is 3. The third-order valence-electron chi connectivity index (χ3n) is 1.91. The van der Waals surface area contributed by atoms with Crippen LogP contribution in [0, 0.1) is 0 Å². The first-order valence-corrected chi connectivity index (χ1v) is 4.17. The fourth-order valence-electron chi connectivity index (χ4n) is 1.30. The molecular weight excluding hydrogens is 209 g/mol. The van der Waals surface area contributed by atoms with E-state index in [4.69, 9.17) is 0 Å². The van der Waals surface area contributed by atoms with Gasteiger partial charge in [0.05, 0.1) is 12.7 Å². The summed E-state index contributed by atoms with van der Waals surface area (Å²) < 4.78 is 42.1. The van der Waals surface area contributed by atoms with Gasteiger partial charge in [-0.25, -0.2) is 0 Å². The summed E-state index contributed by atoms with van der Waals surface area (Å²) in [5.74, 6) is -0.280. The number of para-hydroxylation sites is 1. The van der Waals surface area contributed by atoms with Gasteiger partial charge in [-0.15, -0.1) is 0 Å². The summed E-state index contributed by atoms with van der Waals surface area (Å²) in [6.07, 6.45) is -4.02. The van der Waals surface area contributed by atoms with Crippen molar-refractivity contribution in [1.82, 2.24) is 0 Å². The van der Waals surface area contributed by atoms with Gasteiger partial charge in [0, 0.05) is 12.0 Å². The van der Waals surface area contributed by atoms with Crippen molar-refractivity contribution in [3.8, 4) is 5.75 Å². The molecule has 0 fully saturated rings. The fourth-order valence-corrected chi connectivity index (χ4v) is 1.30. The topological polar surface area (TPSA) is 26.3 Å². The average molecular weight is 218 g/mol. The second-order valence-corrected chi connectivity index (χ2v) is 2.87. The standard InChI is InChI=1S/C10H9F3O2/c1-15-9-7(5-6-14)3-2-4-8(9)10(11,12)13/h2-4,6H,5H2,1H3. The molecule has 1 aromatic carbocycles. The van der Waals surface area contributed by atoms with Crippen molar-refractivity contribution >= 4 is 6.29 Å². The van der Waals surface area contributed by atoms with Gasteiger partial charge >= 0.3 is 6.18 Å². The van der Waals surface area contributed by atoms with Crippen LogP contribution in [0.2, 0.25) is 0 Å². The van der Waals surface area contributed by atoms with Gasteiger partial charge in [0.25, 0.3) is 0 Å². The normalized spacial score (nSPS) is 11.2. The predicted octanol–water partition coefficient (Wildman–Crippen LogP) is 2.46. The van der Waals surface area contributed by atoms with E-state index in [2.05, 4.69) is 4.74 Å². The maximum atomic E-state index is 12.5. The SMILES string of the molecule is COc1c(CC=O)cccc1C(F)(F)F. The van der Waals surface area contributed by atoms with E-state index in [9.17, 15) is 18.0 Å². The van der Waals surface area contributed by atoms with Crippen LogP contribution in [0.25, 0.3) is 0 Å². The van der Waals surface area contributed by atoms with Crippen molar-refractivity contribution < 1.29 is 22.7 Å². The van der Waals surface area contributed by atoms with Gasteiger partial charge in [0.1, 0.15) is 12.0 Å². The Morgan fingerprint density at radius 2 is 2.07 bits per heavy atom. The number of carbonyl (C=O) groups excluding carboxylic acids is 1. The highest BCUT2D eigenvalue weighted by Crippen LogP contribution is 2.37. The Kier molecular flexibility index (Phi) is 3.34. The number of carbonyl (C=O) groups is 1. The lowest BCUT2D eigenvalue weighted by atomic mass is 10.1. The Balaban J connectivity index is 3.28. The van der Waals surface area contributed by atoms with Crippen LogP contribution < -0.4 is 4.74 Å². The Morgan fingerprint density at radius 1 is 1.40 bits per heavy atom. The predicted molar refractivity (Wildman–Crippen MR) is 47.8 cm³/mol. The molecular formula is C10H9F3O2. The molecule has 0 amide bonds. The monoisotopic (exact) mass is 218 g/mol. The Labute approximate surface area is 84.7 Å². The van der Waals surface area contributed by atoms with Crippen LogP contribution in [-0.2, 0) is 17.4 Å². The minimum absolute atomic E-state index is 0.0902. The number of rotatable bonds is 3. The molecule has 15 heavy (non-hydrogen) atoms. The third kappa shape index (κ3) is 2.49. The number of benzene rings is 1. The fraction of sp³-hybridized carbons (Fsp3) is 0.300. The first-order valence-electron chi connectivity index (χ1n) is 4.17.